The summed E-state index contributed by atoms with van der Waals surface area (Å²) in [4.78, 5) is 16.3. The van der Waals surface area contributed by atoms with E-state index in [9.17, 15) is 13.6 Å². The number of anilines is 1. The van der Waals surface area contributed by atoms with E-state index in [1.165, 1.54) is 6.07 Å². The number of rotatable bonds is 3. The molecule has 0 radical (unpaired) electrons. The molecule has 0 saturated carbocycles. The lowest BCUT2D eigenvalue weighted by Crippen LogP contribution is -2.15. The van der Waals surface area contributed by atoms with Crippen LogP contribution in [0.4, 0.5) is 14.5 Å². The molecule has 22 heavy (non-hydrogen) atoms. The van der Waals surface area contributed by atoms with Crippen molar-refractivity contribution in [1.29, 1.82) is 0 Å². The molecule has 0 aliphatic carbocycles. The van der Waals surface area contributed by atoms with E-state index in [1.807, 2.05) is 29.7 Å². The zero-order chi connectivity index (χ0) is 15.7. The Morgan fingerprint density at radius 3 is 2.86 bits per heavy atom. The molecule has 0 unspecified atom stereocenters. The van der Waals surface area contributed by atoms with Crippen molar-refractivity contribution >= 4 is 17.2 Å². The number of aromatic nitrogens is 2. The molecular formula is C16H13F2N3O. The van der Waals surface area contributed by atoms with Crippen molar-refractivity contribution in [3.8, 4) is 0 Å². The van der Waals surface area contributed by atoms with Crippen molar-refractivity contribution in [3.05, 3.63) is 65.6 Å². The summed E-state index contributed by atoms with van der Waals surface area (Å²) in [7, 11) is 0. The lowest BCUT2D eigenvalue weighted by atomic mass is 10.2. The van der Waals surface area contributed by atoms with Gasteiger partial charge in [-0.2, -0.15) is 0 Å². The van der Waals surface area contributed by atoms with Crippen LogP contribution in [0.1, 0.15) is 11.3 Å². The van der Waals surface area contributed by atoms with Gasteiger partial charge >= 0.3 is 0 Å². The predicted octanol–water partition coefficient (Wildman–Crippen LogP) is 3.10. The van der Waals surface area contributed by atoms with Gasteiger partial charge in [-0.3, -0.25) is 4.79 Å². The smallest absolute Gasteiger partial charge is 0.230 e. The number of carbonyl (C=O) groups is 1. The maximum absolute atomic E-state index is 13.5. The number of carbonyl (C=O) groups excluding carboxylic acids is 1. The fraction of sp³-hybridized carbons (Fsp3) is 0.125. The fourth-order valence-electron chi connectivity index (χ4n) is 2.24. The minimum Gasteiger partial charge on any atom is -0.323 e. The van der Waals surface area contributed by atoms with Gasteiger partial charge in [-0.15, -0.1) is 0 Å². The number of nitrogens with zero attached hydrogens (tertiary/aromatic N) is 2. The highest BCUT2D eigenvalue weighted by molar-refractivity contribution is 5.92. The molecule has 112 valence electrons. The Morgan fingerprint density at radius 2 is 2.14 bits per heavy atom. The highest BCUT2D eigenvalue weighted by Crippen LogP contribution is 2.16. The Balaban J connectivity index is 1.77. The number of benzene rings is 1. The number of aryl methyl sites for hydroxylation is 1. The summed E-state index contributed by atoms with van der Waals surface area (Å²) >= 11 is 0. The molecule has 1 amide bonds. The Kier molecular flexibility index (Phi) is 3.58. The van der Waals surface area contributed by atoms with E-state index < -0.39 is 17.5 Å². The number of imidazole rings is 1. The van der Waals surface area contributed by atoms with Crippen LogP contribution in [0.3, 0.4) is 0 Å². The Bertz CT molecular complexity index is 858. The summed E-state index contributed by atoms with van der Waals surface area (Å²) in [6.45, 7) is 1.93. The van der Waals surface area contributed by atoms with E-state index in [-0.39, 0.29) is 12.1 Å². The van der Waals surface area contributed by atoms with Crippen LogP contribution in [0.5, 0.6) is 0 Å². The second-order valence-electron chi connectivity index (χ2n) is 5.00. The zero-order valence-electron chi connectivity index (χ0n) is 11.8. The Morgan fingerprint density at radius 1 is 1.32 bits per heavy atom. The van der Waals surface area contributed by atoms with Crippen LogP contribution < -0.4 is 5.32 Å². The highest BCUT2D eigenvalue weighted by Gasteiger charge is 2.11. The molecule has 0 spiro atoms. The quantitative estimate of drug-likeness (QED) is 0.808. The van der Waals surface area contributed by atoms with Gasteiger partial charge in [-0.25, -0.2) is 13.8 Å². The van der Waals surface area contributed by atoms with Crippen LogP contribution in [0, 0.1) is 18.6 Å². The lowest BCUT2D eigenvalue weighted by molar-refractivity contribution is -0.115. The maximum atomic E-state index is 13.5. The summed E-state index contributed by atoms with van der Waals surface area (Å²) in [5, 5.41) is 2.42. The van der Waals surface area contributed by atoms with Gasteiger partial charge in [0.15, 0.2) is 0 Å². The van der Waals surface area contributed by atoms with Crippen LogP contribution in [0.2, 0.25) is 0 Å². The monoisotopic (exact) mass is 301 g/mol. The van der Waals surface area contributed by atoms with Gasteiger partial charge in [-0.1, -0.05) is 6.07 Å². The number of hydrogen-bond acceptors (Lipinski definition) is 2. The third kappa shape index (κ3) is 2.81. The summed E-state index contributed by atoms with van der Waals surface area (Å²) in [5.74, 6) is -1.91. The molecule has 0 aliphatic heterocycles. The molecule has 0 fully saturated rings. The first-order valence-corrected chi connectivity index (χ1v) is 6.71. The SMILES string of the molecule is Cc1cccn2cc(CC(=O)Nc3ccc(F)cc3F)nc12. The first-order chi connectivity index (χ1) is 10.5. The molecule has 3 rings (SSSR count). The summed E-state index contributed by atoms with van der Waals surface area (Å²) in [5.41, 5.74) is 2.30. The van der Waals surface area contributed by atoms with Crippen molar-refractivity contribution in [2.75, 3.05) is 5.32 Å². The molecule has 3 aromatic rings. The summed E-state index contributed by atoms with van der Waals surface area (Å²) < 4.78 is 28.1. The lowest BCUT2D eigenvalue weighted by Gasteiger charge is -2.05. The molecule has 0 atom stereocenters. The second kappa shape index (κ2) is 5.55. The van der Waals surface area contributed by atoms with Gasteiger partial charge in [0.05, 0.1) is 17.8 Å². The van der Waals surface area contributed by atoms with Gasteiger partial charge in [-0.05, 0) is 30.7 Å². The fourth-order valence-corrected chi connectivity index (χ4v) is 2.24. The van der Waals surface area contributed by atoms with Crippen molar-refractivity contribution in [3.63, 3.8) is 0 Å². The molecule has 2 heterocycles. The van der Waals surface area contributed by atoms with E-state index in [4.69, 9.17) is 0 Å². The van der Waals surface area contributed by atoms with E-state index in [2.05, 4.69) is 10.3 Å². The molecule has 0 saturated heterocycles. The van der Waals surface area contributed by atoms with Crippen LogP contribution in [-0.2, 0) is 11.2 Å². The molecule has 0 aliphatic rings. The third-order valence-electron chi connectivity index (χ3n) is 3.27. The van der Waals surface area contributed by atoms with Gasteiger partial charge < -0.3 is 9.72 Å². The first-order valence-electron chi connectivity index (χ1n) is 6.71. The molecule has 1 N–H and O–H groups in total. The number of pyridine rings is 1. The van der Waals surface area contributed by atoms with Gasteiger partial charge in [0.1, 0.15) is 17.3 Å². The molecular weight excluding hydrogens is 288 g/mol. The first kappa shape index (κ1) is 14.2. The molecule has 2 aromatic heterocycles. The minimum absolute atomic E-state index is 0.0118. The standard InChI is InChI=1S/C16H13F2N3O/c1-10-3-2-6-21-9-12(19-16(10)21)8-15(22)20-14-5-4-11(17)7-13(14)18/h2-7,9H,8H2,1H3,(H,20,22). The van der Waals surface area contributed by atoms with Gasteiger partial charge in [0.2, 0.25) is 5.91 Å². The summed E-state index contributed by atoms with van der Waals surface area (Å²) in [6, 6.07) is 6.83. The number of halogens is 2. The van der Waals surface area contributed by atoms with Crippen LogP contribution in [-0.4, -0.2) is 15.3 Å². The maximum Gasteiger partial charge on any atom is 0.230 e. The minimum atomic E-state index is -0.806. The number of fused-ring (bicyclic) bond motifs is 1. The molecule has 4 nitrogen and oxygen atoms in total. The van der Waals surface area contributed by atoms with E-state index in [1.54, 1.807) is 6.20 Å². The van der Waals surface area contributed by atoms with Crippen LogP contribution >= 0.6 is 0 Å². The van der Waals surface area contributed by atoms with Crippen molar-refractivity contribution in [1.82, 2.24) is 9.38 Å². The van der Waals surface area contributed by atoms with E-state index in [0.717, 1.165) is 23.3 Å². The number of amides is 1. The average Bonchev–Trinajstić information content (AvgIpc) is 2.86. The zero-order valence-corrected chi connectivity index (χ0v) is 11.8. The highest BCUT2D eigenvalue weighted by atomic mass is 19.1. The molecule has 1 aromatic carbocycles. The Labute approximate surface area is 125 Å². The second-order valence-corrected chi connectivity index (χ2v) is 5.00. The van der Waals surface area contributed by atoms with Crippen LogP contribution in [0.15, 0.2) is 42.7 Å². The van der Waals surface area contributed by atoms with Crippen molar-refractivity contribution < 1.29 is 13.6 Å². The normalized spacial score (nSPS) is 10.9. The van der Waals surface area contributed by atoms with Crippen molar-refractivity contribution in [2.45, 2.75) is 13.3 Å². The molecule has 0 bridgehead atoms. The summed E-state index contributed by atoms with van der Waals surface area (Å²) in [6.07, 6.45) is 3.61. The van der Waals surface area contributed by atoms with Crippen molar-refractivity contribution in [2.24, 2.45) is 0 Å². The van der Waals surface area contributed by atoms with Crippen LogP contribution in [0.25, 0.3) is 5.65 Å². The molecule has 6 heteroatoms. The van der Waals surface area contributed by atoms with E-state index in [0.29, 0.717) is 5.69 Å². The van der Waals surface area contributed by atoms with Gasteiger partial charge in [0.25, 0.3) is 0 Å². The largest absolute Gasteiger partial charge is 0.323 e. The topological polar surface area (TPSA) is 46.4 Å². The number of nitrogens with one attached hydrogen (secondary N) is 1. The Hall–Kier alpha value is -2.76. The number of hydrogen-bond donors (Lipinski definition) is 1. The average molecular weight is 301 g/mol. The third-order valence-corrected chi connectivity index (χ3v) is 3.27. The predicted molar refractivity (Wildman–Crippen MR) is 78.6 cm³/mol. The van der Waals surface area contributed by atoms with E-state index >= 15 is 0 Å². The van der Waals surface area contributed by atoms with Gasteiger partial charge in [0, 0.05) is 18.5 Å².